The van der Waals surface area contributed by atoms with Crippen molar-refractivity contribution in [2.24, 2.45) is 4.99 Å². The monoisotopic (exact) mass is 398 g/mol. The molecular weight excluding hydrogens is 384 g/mol. The number of nitrogens with zero attached hydrogens (tertiary/aromatic N) is 3. The highest BCUT2D eigenvalue weighted by Crippen LogP contribution is 2.33. The van der Waals surface area contributed by atoms with Crippen LogP contribution in [0.1, 0.15) is 35.8 Å². The lowest BCUT2D eigenvalue weighted by Crippen LogP contribution is -2.07. The van der Waals surface area contributed by atoms with E-state index in [2.05, 4.69) is 10.2 Å². The Morgan fingerprint density at radius 3 is 2.78 bits per heavy atom. The summed E-state index contributed by atoms with van der Waals surface area (Å²) >= 11 is 11.7. The maximum atomic E-state index is 11.1. The van der Waals surface area contributed by atoms with Crippen LogP contribution in [-0.4, -0.2) is 31.6 Å². The predicted octanol–water partition coefficient (Wildman–Crippen LogP) is 4.34. The largest absolute Gasteiger partial charge is 0.481 e. The molecule has 0 amide bonds. The molecule has 0 unspecified atom stereocenters. The molecule has 0 saturated heterocycles. The molecule has 0 spiro atoms. The Balaban J connectivity index is 1.99. The number of benzene rings is 2. The molecule has 0 bridgehead atoms. The number of carboxylic acid groups (broad SMARTS) is 1. The van der Waals surface area contributed by atoms with Crippen LogP contribution in [0.5, 0.6) is 0 Å². The number of hydrogen-bond acceptors (Lipinski definition) is 4. The van der Waals surface area contributed by atoms with E-state index in [0.717, 1.165) is 22.5 Å². The van der Waals surface area contributed by atoms with Gasteiger partial charge in [-0.25, -0.2) is 0 Å². The second-order valence-electron chi connectivity index (χ2n) is 6.18. The molecule has 0 radical (unpaired) electrons. The summed E-state index contributed by atoms with van der Waals surface area (Å²) < 4.78 is 2.24. The van der Waals surface area contributed by atoms with E-state index in [1.165, 1.54) is 0 Å². The van der Waals surface area contributed by atoms with Crippen molar-refractivity contribution in [1.82, 2.24) is 14.8 Å². The first-order chi connectivity index (χ1) is 13.0. The molecule has 6 nitrogen and oxygen atoms in total. The number of aromatic amines is 1. The van der Waals surface area contributed by atoms with Gasteiger partial charge in [0.05, 0.1) is 11.4 Å². The number of carbonyl (C=O) groups is 1. The highest BCUT2D eigenvalue weighted by atomic mass is 35.5. The first-order valence-electron chi connectivity index (χ1n) is 8.37. The van der Waals surface area contributed by atoms with Crippen molar-refractivity contribution < 1.29 is 9.90 Å². The molecule has 2 aromatic carbocycles. The lowest BCUT2D eigenvalue weighted by atomic mass is 10.0. The third-order valence-corrected chi connectivity index (χ3v) is 4.92. The number of aromatic nitrogens is 3. The molecule has 2 N–H and O–H groups in total. The molecule has 2 heterocycles. The summed E-state index contributed by atoms with van der Waals surface area (Å²) in [7, 11) is 0. The zero-order valence-electron chi connectivity index (χ0n) is 14.1. The van der Waals surface area contributed by atoms with Crippen molar-refractivity contribution in [3.63, 3.8) is 0 Å². The SMILES string of the molecule is O=C(O)CC[C@@H]1N=C(c2ccccc2)c2cc(Cl)ccc2-n2c1n[nH]c2=S. The van der Waals surface area contributed by atoms with Gasteiger partial charge in [0, 0.05) is 22.6 Å². The first-order valence-corrected chi connectivity index (χ1v) is 9.16. The number of carboxylic acids is 1. The summed E-state index contributed by atoms with van der Waals surface area (Å²) in [6, 6.07) is 14.8. The van der Waals surface area contributed by atoms with Gasteiger partial charge in [-0.1, -0.05) is 41.9 Å². The second kappa shape index (κ2) is 7.09. The van der Waals surface area contributed by atoms with Crippen molar-refractivity contribution in [2.75, 3.05) is 0 Å². The molecule has 1 aliphatic rings. The van der Waals surface area contributed by atoms with E-state index in [9.17, 15) is 4.79 Å². The molecule has 1 aliphatic heterocycles. The number of H-pyrrole nitrogens is 1. The van der Waals surface area contributed by atoms with Gasteiger partial charge in [0.2, 0.25) is 0 Å². The van der Waals surface area contributed by atoms with Crippen molar-refractivity contribution in [3.05, 3.63) is 75.3 Å². The van der Waals surface area contributed by atoms with Crippen LogP contribution in [0.15, 0.2) is 53.5 Å². The van der Waals surface area contributed by atoms with Gasteiger partial charge in [0.15, 0.2) is 10.6 Å². The third kappa shape index (κ3) is 3.31. The van der Waals surface area contributed by atoms with Crippen molar-refractivity contribution in [2.45, 2.75) is 18.9 Å². The lowest BCUT2D eigenvalue weighted by Gasteiger charge is -2.11. The minimum Gasteiger partial charge on any atom is -0.481 e. The zero-order chi connectivity index (χ0) is 19.0. The van der Waals surface area contributed by atoms with Crippen LogP contribution in [0.4, 0.5) is 0 Å². The summed E-state index contributed by atoms with van der Waals surface area (Å²) in [6.45, 7) is 0. The number of fused-ring (bicyclic) bond motifs is 3. The normalized spacial score (nSPS) is 15.4. The molecule has 0 fully saturated rings. The molecule has 4 rings (SSSR count). The standard InChI is InChI=1S/C19H15ClN4O2S/c20-12-6-8-15-13(10-12)17(11-4-2-1-3-5-11)21-14(7-9-16(25)26)18-22-23-19(27)24(15)18/h1-6,8,10,14H,7,9H2,(H,23,27)(H,25,26)/t14-/m0/s1. The number of nitrogens with one attached hydrogen (secondary N) is 1. The highest BCUT2D eigenvalue weighted by molar-refractivity contribution is 7.71. The minimum absolute atomic E-state index is 0.0209. The summed E-state index contributed by atoms with van der Waals surface area (Å²) in [4.78, 5) is 16.0. The van der Waals surface area contributed by atoms with E-state index in [-0.39, 0.29) is 6.42 Å². The Kier molecular flexibility index (Phi) is 4.63. The number of halogens is 1. The summed E-state index contributed by atoms with van der Waals surface area (Å²) in [5, 5.41) is 16.9. The van der Waals surface area contributed by atoms with Crippen molar-refractivity contribution in [1.29, 1.82) is 0 Å². The average molecular weight is 399 g/mol. The Hall–Kier alpha value is -2.77. The Morgan fingerprint density at radius 1 is 1.26 bits per heavy atom. The minimum atomic E-state index is -0.878. The van der Waals surface area contributed by atoms with E-state index in [1.54, 1.807) is 6.07 Å². The topological polar surface area (TPSA) is 83.3 Å². The van der Waals surface area contributed by atoms with Crippen LogP contribution in [0.25, 0.3) is 5.69 Å². The van der Waals surface area contributed by atoms with Gasteiger partial charge >= 0.3 is 5.97 Å². The van der Waals surface area contributed by atoms with Crippen LogP contribution in [-0.2, 0) is 4.79 Å². The van der Waals surface area contributed by atoms with Crippen LogP contribution in [0, 0.1) is 4.77 Å². The predicted molar refractivity (Wildman–Crippen MR) is 105 cm³/mol. The maximum Gasteiger partial charge on any atom is 0.303 e. The third-order valence-electron chi connectivity index (χ3n) is 4.41. The van der Waals surface area contributed by atoms with Crippen LogP contribution in [0.2, 0.25) is 5.02 Å². The van der Waals surface area contributed by atoms with Gasteiger partial charge in [0.1, 0.15) is 6.04 Å². The average Bonchev–Trinajstić information content (AvgIpc) is 2.97. The molecule has 27 heavy (non-hydrogen) atoms. The molecule has 136 valence electrons. The van der Waals surface area contributed by atoms with E-state index in [1.807, 2.05) is 47.0 Å². The maximum absolute atomic E-state index is 11.1. The van der Waals surface area contributed by atoms with E-state index < -0.39 is 12.0 Å². The highest BCUT2D eigenvalue weighted by Gasteiger charge is 2.27. The molecular formula is C19H15ClN4O2S. The summed E-state index contributed by atoms with van der Waals surface area (Å²) in [5.41, 5.74) is 3.30. The fourth-order valence-electron chi connectivity index (χ4n) is 3.22. The van der Waals surface area contributed by atoms with Crippen molar-refractivity contribution >= 4 is 35.5 Å². The number of aliphatic carboxylic acids is 1. The van der Waals surface area contributed by atoms with Gasteiger partial charge < -0.3 is 5.11 Å². The molecule has 3 aromatic rings. The summed E-state index contributed by atoms with van der Waals surface area (Å²) in [6.07, 6.45) is 0.292. The lowest BCUT2D eigenvalue weighted by molar-refractivity contribution is -0.137. The van der Waals surface area contributed by atoms with E-state index in [0.29, 0.717) is 22.0 Å². The molecule has 0 saturated carbocycles. The fraction of sp³-hybridized carbons (Fsp3) is 0.158. The quantitative estimate of drug-likeness (QED) is 0.640. The van der Waals surface area contributed by atoms with E-state index in [4.69, 9.17) is 33.9 Å². The van der Waals surface area contributed by atoms with Crippen LogP contribution in [0.3, 0.4) is 0 Å². The first kappa shape index (κ1) is 17.6. The summed E-state index contributed by atoms with van der Waals surface area (Å²) in [5.74, 6) is -0.285. The Bertz CT molecular complexity index is 1100. The van der Waals surface area contributed by atoms with Gasteiger partial charge in [-0.2, -0.15) is 5.10 Å². The number of rotatable bonds is 4. The van der Waals surface area contributed by atoms with E-state index >= 15 is 0 Å². The Morgan fingerprint density at radius 2 is 2.04 bits per heavy atom. The van der Waals surface area contributed by atoms with Crippen LogP contribution < -0.4 is 0 Å². The van der Waals surface area contributed by atoms with Crippen molar-refractivity contribution in [3.8, 4) is 5.69 Å². The molecule has 8 heteroatoms. The van der Waals surface area contributed by atoms with Gasteiger partial charge in [-0.15, -0.1) is 0 Å². The smallest absolute Gasteiger partial charge is 0.303 e. The molecule has 0 aliphatic carbocycles. The van der Waals surface area contributed by atoms with Gasteiger partial charge in [0.25, 0.3) is 0 Å². The van der Waals surface area contributed by atoms with Gasteiger partial charge in [-0.3, -0.25) is 19.5 Å². The number of hydrogen-bond donors (Lipinski definition) is 2. The molecule has 1 aromatic heterocycles. The zero-order valence-corrected chi connectivity index (χ0v) is 15.7. The second-order valence-corrected chi connectivity index (χ2v) is 7.00. The Labute approximate surface area is 165 Å². The number of aliphatic imine (C=N–C) groups is 1. The molecule has 1 atom stereocenters. The van der Waals surface area contributed by atoms with Gasteiger partial charge in [-0.05, 0) is 36.8 Å². The fourth-order valence-corrected chi connectivity index (χ4v) is 3.63. The van der Waals surface area contributed by atoms with Crippen LogP contribution >= 0.6 is 23.8 Å².